The molecule has 0 spiro atoms. The first kappa shape index (κ1) is 15.8. The van der Waals surface area contributed by atoms with Crippen LogP contribution >= 0.6 is 0 Å². The summed E-state index contributed by atoms with van der Waals surface area (Å²) < 4.78 is 5.20. The van der Waals surface area contributed by atoms with E-state index in [-0.39, 0.29) is 16.9 Å². The SMILES string of the molecule is C=C(CC(C)(C)c1ccccc1)C(=O)Oc1ccccc1O. The van der Waals surface area contributed by atoms with E-state index >= 15 is 0 Å². The Kier molecular flexibility index (Phi) is 4.66. The topological polar surface area (TPSA) is 46.5 Å². The van der Waals surface area contributed by atoms with Gasteiger partial charge in [-0.05, 0) is 29.5 Å². The third-order valence-corrected chi connectivity index (χ3v) is 3.57. The highest BCUT2D eigenvalue weighted by Crippen LogP contribution is 2.31. The number of aromatic hydroxyl groups is 1. The summed E-state index contributed by atoms with van der Waals surface area (Å²) >= 11 is 0. The lowest BCUT2D eigenvalue weighted by Gasteiger charge is -2.25. The predicted octanol–water partition coefficient (Wildman–Crippen LogP) is 4.22. The van der Waals surface area contributed by atoms with Crippen molar-refractivity contribution in [3.63, 3.8) is 0 Å². The van der Waals surface area contributed by atoms with E-state index in [1.54, 1.807) is 18.2 Å². The summed E-state index contributed by atoms with van der Waals surface area (Å²) in [5, 5.41) is 9.64. The molecule has 114 valence electrons. The molecular formula is C19H20O3. The van der Waals surface area contributed by atoms with Crippen molar-refractivity contribution >= 4 is 5.97 Å². The maximum Gasteiger partial charge on any atom is 0.338 e. The number of carbonyl (C=O) groups excluding carboxylic acids is 1. The molecule has 3 heteroatoms. The summed E-state index contributed by atoms with van der Waals surface area (Å²) in [5.74, 6) is -0.442. The van der Waals surface area contributed by atoms with E-state index < -0.39 is 5.97 Å². The quantitative estimate of drug-likeness (QED) is 0.510. The number of ether oxygens (including phenoxy) is 1. The number of para-hydroxylation sites is 2. The monoisotopic (exact) mass is 296 g/mol. The number of hydrogen-bond donors (Lipinski definition) is 1. The third kappa shape index (κ3) is 3.76. The number of phenols is 1. The molecule has 0 fully saturated rings. The van der Waals surface area contributed by atoms with Crippen LogP contribution in [0.25, 0.3) is 0 Å². The summed E-state index contributed by atoms with van der Waals surface area (Å²) in [6.45, 7) is 7.95. The van der Waals surface area contributed by atoms with Gasteiger partial charge in [-0.15, -0.1) is 0 Å². The Bertz CT molecular complexity index is 672. The van der Waals surface area contributed by atoms with E-state index in [2.05, 4.69) is 20.4 Å². The van der Waals surface area contributed by atoms with Crippen molar-refractivity contribution in [3.8, 4) is 11.5 Å². The van der Waals surface area contributed by atoms with Crippen LogP contribution in [0, 0.1) is 0 Å². The van der Waals surface area contributed by atoms with Gasteiger partial charge >= 0.3 is 5.97 Å². The van der Waals surface area contributed by atoms with E-state index in [1.165, 1.54) is 6.07 Å². The highest BCUT2D eigenvalue weighted by Gasteiger charge is 2.25. The van der Waals surface area contributed by atoms with E-state index in [1.807, 2.05) is 30.3 Å². The molecule has 0 amide bonds. The second kappa shape index (κ2) is 6.48. The Morgan fingerprint density at radius 1 is 1.09 bits per heavy atom. The first-order chi connectivity index (χ1) is 10.4. The minimum Gasteiger partial charge on any atom is -0.504 e. The van der Waals surface area contributed by atoms with Crippen molar-refractivity contribution in [2.75, 3.05) is 0 Å². The molecule has 1 N–H and O–H groups in total. The minimum absolute atomic E-state index is 0.0639. The standard InChI is InChI=1S/C19H20O3/c1-14(13-19(2,3)15-9-5-4-6-10-15)18(21)22-17-12-8-7-11-16(17)20/h4-12,20H,1,13H2,2-3H3. The lowest BCUT2D eigenvalue weighted by atomic mass is 9.79. The van der Waals surface area contributed by atoms with Crippen LogP contribution in [0.5, 0.6) is 11.5 Å². The number of carbonyl (C=O) groups is 1. The molecular weight excluding hydrogens is 276 g/mol. The molecule has 0 saturated carbocycles. The molecule has 0 radical (unpaired) electrons. The second-order valence-electron chi connectivity index (χ2n) is 5.89. The highest BCUT2D eigenvalue weighted by molar-refractivity contribution is 5.90. The van der Waals surface area contributed by atoms with Crippen LogP contribution in [-0.4, -0.2) is 11.1 Å². The fourth-order valence-electron chi connectivity index (χ4n) is 2.31. The summed E-state index contributed by atoms with van der Waals surface area (Å²) in [5.41, 5.74) is 1.28. The fourth-order valence-corrected chi connectivity index (χ4v) is 2.31. The molecule has 0 bridgehead atoms. The number of esters is 1. The molecule has 0 aliphatic carbocycles. The molecule has 2 rings (SSSR count). The summed E-state index contributed by atoms with van der Waals surface area (Å²) in [6.07, 6.45) is 0.476. The summed E-state index contributed by atoms with van der Waals surface area (Å²) in [7, 11) is 0. The van der Waals surface area contributed by atoms with Crippen molar-refractivity contribution in [2.24, 2.45) is 0 Å². The molecule has 0 saturated heterocycles. The van der Waals surface area contributed by atoms with Crippen molar-refractivity contribution in [1.29, 1.82) is 0 Å². The lowest BCUT2D eigenvalue weighted by molar-refractivity contribution is -0.130. The molecule has 0 unspecified atom stereocenters. The zero-order valence-electron chi connectivity index (χ0n) is 12.9. The van der Waals surface area contributed by atoms with Gasteiger partial charge in [0, 0.05) is 5.57 Å². The molecule has 0 heterocycles. The second-order valence-corrected chi connectivity index (χ2v) is 5.89. The normalized spacial score (nSPS) is 11.0. The average molecular weight is 296 g/mol. The number of hydrogen-bond acceptors (Lipinski definition) is 3. The Morgan fingerprint density at radius 2 is 1.68 bits per heavy atom. The van der Waals surface area contributed by atoms with Crippen LogP contribution in [-0.2, 0) is 10.2 Å². The number of benzene rings is 2. The average Bonchev–Trinajstić information content (AvgIpc) is 2.50. The zero-order chi connectivity index (χ0) is 16.2. The van der Waals surface area contributed by atoms with Crippen molar-refractivity contribution in [1.82, 2.24) is 0 Å². The van der Waals surface area contributed by atoms with E-state index in [0.717, 1.165) is 5.56 Å². The van der Waals surface area contributed by atoms with Gasteiger partial charge in [0.25, 0.3) is 0 Å². The molecule has 22 heavy (non-hydrogen) atoms. The van der Waals surface area contributed by atoms with E-state index in [4.69, 9.17) is 4.74 Å². The van der Waals surface area contributed by atoms with Crippen LogP contribution in [0.1, 0.15) is 25.8 Å². The molecule has 0 aliphatic heterocycles. The Morgan fingerprint density at radius 3 is 2.32 bits per heavy atom. The lowest BCUT2D eigenvalue weighted by Crippen LogP contribution is -2.22. The summed E-state index contributed by atoms with van der Waals surface area (Å²) in [4.78, 5) is 12.1. The maximum absolute atomic E-state index is 12.1. The van der Waals surface area contributed by atoms with E-state index in [0.29, 0.717) is 12.0 Å². The Labute approximate surface area is 130 Å². The first-order valence-electron chi connectivity index (χ1n) is 7.13. The van der Waals surface area contributed by atoms with Gasteiger partial charge in [0.2, 0.25) is 0 Å². The smallest absolute Gasteiger partial charge is 0.338 e. The van der Waals surface area contributed by atoms with E-state index in [9.17, 15) is 9.90 Å². The fraction of sp³-hybridized carbons (Fsp3) is 0.211. The molecule has 0 aromatic heterocycles. The zero-order valence-corrected chi connectivity index (χ0v) is 12.9. The van der Waals surface area contributed by atoms with Gasteiger partial charge in [0.1, 0.15) is 0 Å². The maximum atomic E-state index is 12.1. The van der Waals surface area contributed by atoms with Gasteiger partial charge in [-0.2, -0.15) is 0 Å². The van der Waals surface area contributed by atoms with Gasteiger partial charge in [-0.1, -0.05) is 62.9 Å². The minimum atomic E-state index is -0.523. The van der Waals surface area contributed by atoms with Crippen LogP contribution in [0.4, 0.5) is 0 Å². The predicted molar refractivity (Wildman–Crippen MR) is 87.0 cm³/mol. The molecule has 0 atom stereocenters. The first-order valence-corrected chi connectivity index (χ1v) is 7.13. The van der Waals surface area contributed by atoms with Gasteiger partial charge in [0.05, 0.1) is 0 Å². The molecule has 0 aliphatic rings. The van der Waals surface area contributed by atoms with Crippen LogP contribution in [0.3, 0.4) is 0 Å². The summed E-state index contributed by atoms with van der Waals surface area (Å²) in [6, 6.07) is 16.3. The van der Waals surface area contributed by atoms with Gasteiger partial charge in [-0.25, -0.2) is 4.79 Å². The largest absolute Gasteiger partial charge is 0.504 e. The van der Waals surface area contributed by atoms with Crippen LogP contribution < -0.4 is 4.74 Å². The van der Waals surface area contributed by atoms with Gasteiger partial charge in [-0.3, -0.25) is 0 Å². The van der Waals surface area contributed by atoms with Gasteiger partial charge < -0.3 is 9.84 Å². The van der Waals surface area contributed by atoms with Crippen molar-refractivity contribution in [3.05, 3.63) is 72.3 Å². The Balaban J connectivity index is 2.06. The molecule has 2 aromatic rings. The Hall–Kier alpha value is -2.55. The molecule has 3 nitrogen and oxygen atoms in total. The van der Waals surface area contributed by atoms with Crippen LogP contribution in [0.2, 0.25) is 0 Å². The number of rotatable bonds is 5. The van der Waals surface area contributed by atoms with Crippen LogP contribution in [0.15, 0.2) is 66.7 Å². The third-order valence-electron chi connectivity index (χ3n) is 3.57. The van der Waals surface area contributed by atoms with Gasteiger partial charge in [0.15, 0.2) is 11.5 Å². The highest BCUT2D eigenvalue weighted by atomic mass is 16.5. The number of phenolic OH excluding ortho intramolecular Hbond substituents is 1. The molecule has 2 aromatic carbocycles. The van der Waals surface area contributed by atoms with Crippen molar-refractivity contribution < 1.29 is 14.6 Å². The van der Waals surface area contributed by atoms with Crippen molar-refractivity contribution in [2.45, 2.75) is 25.7 Å².